The Labute approximate surface area is 131 Å². The van der Waals surface area contributed by atoms with Gasteiger partial charge in [0.2, 0.25) is 0 Å². The number of methoxy groups -OCH3 is 1. The maximum absolute atomic E-state index is 9.61. The first-order valence-corrected chi connectivity index (χ1v) is 7.32. The van der Waals surface area contributed by atoms with Crippen molar-refractivity contribution in [2.75, 3.05) is 7.11 Å². The van der Waals surface area contributed by atoms with Gasteiger partial charge < -0.3 is 4.74 Å². The third-order valence-corrected chi connectivity index (χ3v) is 3.48. The third-order valence-electron chi connectivity index (χ3n) is 3.48. The van der Waals surface area contributed by atoms with Crippen LogP contribution in [0.2, 0.25) is 0 Å². The zero-order valence-corrected chi connectivity index (χ0v) is 13.2. The van der Waals surface area contributed by atoms with E-state index in [1.54, 1.807) is 7.11 Å². The van der Waals surface area contributed by atoms with E-state index in [4.69, 9.17) is 9.73 Å². The van der Waals surface area contributed by atoms with E-state index in [2.05, 4.69) is 19.9 Å². The minimum atomic E-state index is -0.330. The SMILES string of the molecule is COc1ccc(N=C(C(C)C)C(C#N)c2ccccc2)cc1. The van der Waals surface area contributed by atoms with Crippen LogP contribution in [0, 0.1) is 17.2 Å². The van der Waals surface area contributed by atoms with Gasteiger partial charge in [-0.25, -0.2) is 0 Å². The largest absolute Gasteiger partial charge is 0.497 e. The summed E-state index contributed by atoms with van der Waals surface area (Å²) in [5, 5.41) is 9.61. The molecule has 2 aromatic carbocycles. The van der Waals surface area contributed by atoms with Gasteiger partial charge in [0.25, 0.3) is 0 Å². The zero-order chi connectivity index (χ0) is 15.9. The quantitative estimate of drug-likeness (QED) is 0.748. The Morgan fingerprint density at radius 3 is 2.18 bits per heavy atom. The number of benzene rings is 2. The van der Waals surface area contributed by atoms with Gasteiger partial charge in [0, 0.05) is 5.71 Å². The predicted octanol–water partition coefficient (Wildman–Crippen LogP) is 4.73. The number of nitriles is 1. The van der Waals surface area contributed by atoms with E-state index in [1.807, 2.05) is 54.6 Å². The molecule has 0 heterocycles. The van der Waals surface area contributed by atoms with Crippen LogP contribution in [0.25, 0.3) is 0 Å². The van der Waals surface area contributed by atoms with Crippen molar-refractivity contribution >= 4 is 11.4 Å². The van der Waals surface area contributed by atoms with Gasteiger partial charge in [0.1, 0.15) is 11.7 Å². The third kappa shape index (κ3) is 3.73. The van der Waals surface area contributed by atoms with Crippen molar-refractivity contribution in [2.24, 2.45) is 10.9 Å². The van der Waals surface area contributed by atoms with Crippen molar-refractivity contribution in [2.45, 2.75) is 19.8 Å². The molecule has 3 nitrogen and oxygen atoms in total. The second-order valence-corrected chi connectivity index (χ2v) is 5.36. The summed E-state index contributed by atoms with van der Waals surface area (Å²) in [6, 6.07) is 19.7. The van der Waals surface area contributed by atoms with E-state index in [9.17, 15) is 5.26 Å². The lowest BCUT2D eigenvalue weighted by atomic mass is 9.89. The molecular weight excluding hydrogens is 272 g/mol. The molecule has 0 radical (unpaired) electrons. The second kappa shape index (κ2) is 7.42. The molecule has 0 saturated carbocycles. The molecule has 0 aromatic heterocycles. The summed E-state index contributed by atoms with van der Waals surface area (Å²) in [4.78, 5) is 4.72. The Hall–Kier alpha value is -2.60. The van der Waals surface area contributed by atoms with Gasteiger partial charge in [-0.3, -0.25) is 4.99 Å². The molecule has 0 aliphatic heterocycles. The van der Waals surface area contributed by atoms with Crippen LogP contribution in [0.5, 0.6) is 5.75 Å². The highest BCUT2D eigenvalue weighted by atomic mass is 16.5. The summed E-state index contributed by atoms with van der Waals surface area (Å²) in [5.41, 5.74) is 2.69. The molecule has 0 amide bonds. The molecule has 2 aromatic rings. The number of hydrogen-bond donors (Lipinski definition) is 0. The van der Waals surface area contributed by atoms with Crippen LogP contribution in [-0.2, 0) is 0 Å². The van der Waals surface area contributed by atoms with Crippen molar-refractivity contribution in [3.63, 3.8) is 0 Å². The van der Waals surface area contributed by atoms with E-state index in [1.165, 1.54) is 0 Å². The molecule has 22 heavy (non-hydrogen) atoms. The molecule has 0 bridgehead atoms. The predicted molar refractivity (Wildman–Crippen MR) is 89.7 cm³/mol. The molecule has 2 rings (SSSR count). The Kier molecular flexibility index (Phi) is 5.32. The molecule has 0 aliphatic rings. The first-order valence-electron chi connectivity index (χ1n) is 7.32. The van der Waals surface area contributed by atoms with E-state index >= 15 is 0 Å². The Morgan fingerprint density at radius 1 is 1.05 bits per heavy atom. The van der Waals surface area contributed by atoms with Crippen molar-refractivity contribution in [3.8, 4) is 11.8 Å². The van der Waals surface area contributed by atoms with Gasteiger partial charge in [-0.15, -0.1) is 0 Å². The Bertz CT molecular complexity index is 667. The number of ether oxygens (including phenoxy) is 1. The van der Waals surface area contributed by atoms with Crippen LogP contribution < -0.4 is 4.74 Å². The van der Waals surface area contributed by atoms with Crippen LogP contribution in [-0.4, -0.2) is 12.8 Å². The average Bonchev–Trinajstić information content (AvgIpc) is 2.56. The zero-order valence-electron chi connectivity index (χ0n) is 13.2. The number of hydrogen-bond acceptors (Lipinski definition) is 3. The maximum atomic E-state index is 9.61. The minimum Gasteiger partial charge on any atom is -0.497 e. The highest BCUT2D eigenvalue weighted by molar-refractivity contribution is 5.96. The van der Waals surface area contributed by atoms with Crippen LogP contribution in [0.4, 0.5) is 5.69 Å². The molecular formula is C19H20N2O. The lowest BCUT2D eigenvalue weighted by molar-refractivity contribution is 0.415. The highest BCUT2D eigenvalue weighted by Crippen LogP contribution is 2.25. The maximum Gasteiger partial charge on any atom is 0.119 e. The smallest absolute Gasteiger partial charge is 0.119 e. The summed E-state index contributed by atoms with van der Waals surface area (Å²) in [7, 11) is 1.64. The average molecular weight is 292 g/mol. The minimum absolute atomic E-state index is 0.187. The fourth-order valence-electron chi connectivity index (χ4n) is 2.29. The van der Waals surface area contributed by atoms with Gasteiger partial charge in [0.05, 0.1) is 18.9 Å². The van der Waals surface area contributed by atoms with Crippen LogP contribution in [0.1, 0.15) is 25.3 Å². The molecule has 3 heteroatoms. The first-order chi connectivity index (χ1) is 10.7. The molecule has 0 spiro atoms. The molecule has 0 saturated heterocycles. The first kappa shape index (κ1) is 15.8. The summed E-state index contributed by atoms with van der Waals surface area (Å²) >= 11 is 0. The van der Waals surface area contributed by atoms with E-state index in [-0.39, 0.29) is 11.8 Å². The molecule has 112 valence electrons. The summed E-state index contributed by atoms with van der Waals surface area (Å²) < 4.78 is 5.16. The normalized spacial score (nSPS) is 12.8. The van der Waals surface area contributed by atoms with Crippen molar-refractivity contribution in [3.05, 3.63) is 60.2 Å². The fourth-order valence-corrected chi connectivity index (χ4v) is 2.29. The van der Waals surface area contributed by atoms with Crippen LogP contribution in [0.15, 0.2) is 59.6 Å². The van der Waals surface area contributed by atoms with E-state index < -0.39 is 0 Å². The van der Waals surface area contributed by atoms with Gasteiger partial charge in [-0.05, 0) is 35.7 Å². The lowest BCUT2D eigenvalue weighted by Gasteiger charge is -2.16. The summed E-state index contributed by atoms with van der Waals surface area (Å²) in [6.45, 7) is 4.13. The lowest BCUT2D eigenvalue weighted by Crippen LogP contribution is -2.17. The molecule has 0 N–H and O–H groups in total. The summed E-state index contributed by atoms with van der Waals surface area (Å²) in [5.74, 6) is 0.653. The monoisotopic (exact) mass is 292 g/mol. The van der Waals surface area contributed by atoms with E-state index in [0.29, 0.717) is 0 Å². The highest BCUT2D eigenvalue weighted by Gasteiger charge is 2.20. The van der Waals surface area contributed by atoms with Crippen LogP contribution >= 0.6 is 0 Å². The van der Waals surface area contributed by atoms with E-state index in [0.717, 1.165) is 22.7 Å². The molecule has 1 unspecified atom stereocenters. The number of nitrogens with zero attached hydrogens (tertiary/aromatic N) is 2. The fraction of sp³-hybridized carbons (Fsp3) is 0.263. The van der Waals surface area contributed by atoms with Gasteiger partial charge in [-0.1, -0.05) is 44.2 Å². The summed E-state index contributed by atoms with van der Waals surface area (Å²) in [6.07, 6.45) is 0. The second-order valence-electron chi connectivity index (χ2n) is 5.36. The Morgan fingerprint density at radius 2 is 1.68 bits per heavy atom. The van der Waals surface area contributed by atoms with Gasteiger partial charge in [-0.2, -0.15) is 5.26 Å². The van der Waals surface area contributed by atoms with Crippen LogP contribution in [0.3, 0.4) is 0 Å². The topological polar surface area (TPSA) is 45.4 Å². The standard InChI is InChI=1S/C19H20N2O/c1-14(2)19(18(13-20)15-7-5-4-6-8-15)21-16-9-11-17(22-3)12-10-16/h4-12,14,18H,1-3H3. The molecule has 0 aliphatic carbocycles. The van der Waals surface area contributed by atoms with Crippen molar-refractivity contribution < 1.29 is 4.74 Å². The van der Waals surface area contributed by atoms with Crippen molar-refractivity contribution in [1.82, 2.24) is 0 Å². The number of rotatable bonds is 5. The van der Waals surface area contributed by atoms with Gasteiger partial charge >= 0.3 is 0 Å². The Balaban J connectivity index is 2.40. The number of aliphatic imine (C=N–C) groups is 1. The van der Waals surface area contributed by atoms with Gasteiger partial charge in [0.15, 0.2) is 0 Å². The molecule has 0 fully saturated rings. The van der Waals surface area contributed by atoms with Crippen molar-refractivity contribution in [1.29, 1.82) is 5.26 Å². The molecule has 1 atom stereocenters.